The van der Waals surface area contributed by atoms with E-state index in [4.69, 9.17) is 10.4 Å². The summed E-state index contributed by atoms with van der Waals surface area (Å²) in [5, 5.41) is 21.4. The first-order chi connectivity index (χ1) is 6.79. The van der Waals surface area contributed by atoms with Crippen molar-refractivity contribution in [3.05, 3.63) is 42.1 Å². The molecule has 2 rings (SSSR count). The number of aromatic hydroxyl groups is 1. The van der Waals surface area contributed by atoms with Crippen molar-refractivity contribution < 1.29 is 5.11 Å². The lowest BCUT2D eigenvalue weighted by molar-refractivity contribution is 0.448. The minimum absolute atomic E-state index is 0.0191. The number of benzene rings is 1. The van der Waals surface area contributed by atoms with Gasteiger partial charge in [-0.3, -0.25) is 0 Å². The standard InChI is InChI=1S/C10H7N3O/c11-7-8-1-3-9(4-2-8)13-6-5-10(14)12-13/h1-6H,(H,12,14). The lowest BCUT2D eigenvalue weighted by atomic mass is 10.2. The van der Waals surface area contributed by atoms with Crippen LogP contribution < -0.4 is 0 Å². The fourth-order valence-electron chi connectivity index (χ4n) is 1.15. The van der Waals surface area contributed by atoms with Gasteiger partial charge >= 0.3 is 0 Å². The number of hydrogen-bond acceptors (Lipinski definition) is 3. The monoisotopic (exact) mass is 185 g/mol. The van der Waals surface area contributed by atoms with Gasteiger partial charge in [0.2, 0.25) is 5.88 Å². The smallest absolute Gasteiger partial charge is 0.230 e. The predicted octanol–water partition coefficient (Wildman–Crippen LogP) is 1.45. The van der Waals surface area contributed by atoms with E-state index in [0.29, 0.717) is 5.56 Å². The Kier molecular flexibility index (Phi) is 1.92. The van der Waals surface area contributed by atoms with Gasteiger partial charge in [0.05, 0.1) is 17.3 Å². The highest BCUT2D eigenvalue weighted by molar-refractivity contribution is 5.39. The molecule has 0 saturated heterocycles. The molecule has 0 radical (unpaired) electrons. The lowest BCUT2D eigenvalue weighted by Gasteiger charge is -1.99. The Morgan fingerprint density at radius 2 is 1.93 bits per heavy atom. The van der Waals surface area contributed by atoms with Crippen LogP contribution in [0.25, 0.3) is 5.69 Å². The predicted molar refractivity (Wildman–Crippen MR) is 49.9 cm³/mol. The van der Waals surface area contributed by atoms with E-state index in [9.17, 15) is 0 Å². The van der Waals surface area contributed by atoms with Gasteiger partial charge in [-0.2, -0.15) is 5.26 Å². The number of nitrogens with zero attached hydrogens (tertiary/aromatic N) is 3. The molecule has 1 aromatic carbocycles. The molecule has 1 aromatic heterocycles. The van der Waals surface area contributed by atoms with Crippen molar-refractivity contribution in [2.45, 2.75) is 0 Å². The Balaban J connectivity index is 2.39. The fourth-order valence-corrected chi connectivity index (χ4v) is 1.15. The van der Waals surface area contributed by atoms with E-state index in [1.54, 1.807) is 30.5 Å². The van der Waals surface area contributed by atoms with Crippen LogP contribution in [0.15, 0.2) is 36.5 Å². The van der Waals surface area contributed by atoms with E-state index in [2.05, 4.69) is 5.10 Å². The van der Waals surface area contributed by atoms with Crippen molar-refractivity contribution in [2.75, 3.05) is 0 Å². The van der Waals surface area contributed by atoms with E-state index in [0.717, 1.165) is 5.69 Å². The van der Waals surface area contributed by atoms with Crippen LogP contribution in [0, 0.1) is 11.3 Å². The second-order valence-electron chi connectivity index (χ2n) is 2.78. The molecule has 0 unspecified atom stereocenters. The summed E-state index contributed by atoms with van der Waals surface area (Å²) in [6.07, 6.45) is 1.65. The van der Waals surface area contributed by atoms with Crippen molar-refractivity contribution in [1.82, 2.24) is 9.78 Å². The maximum atomic E-state index is 9.03. The molecule has 0 spiro atoms. The van der Waals surface area contributed by atoms with Crippen molar-refractivity contribution in [2.24, 2.45) is 0 Å². The van der Waals surface area contributed by atoms with Crippen LogP contribution in [-0.4, -0.2) is 14.9 Å². The Hall–Kier alpha value is -2.28. The SMILES string of the molecule is N#Cc1ccc(-n2ccc(O)n2)cc1. The molecule has 0 saturated carbocycles. The number of rotatable bonds is 1. The minimum Gasteiger partial charge on any atom is -0.492 e. The summed E-state index contributed by atoms with van der Waals surface area (Å²) in [6.45, 7) is 0. The molecule has 1 heterocycles. The average molecular weight is 185 g/mol. The van der Waals surface area contributed by atoms with Gasteiger partial charge in [-0.05, 0) is 24.3 Å². The van der Waals surface area contributed by atoms with Gasteiger partial charge in [-0.1, -0.05) is 0 Å². The third-order valence-electron chi connectivity index (χ3n) is 1.84. The summed E-state index contributed by atoms with van der Waals surface area (Å²) < 4.78 is 1.54. The van der Waals surface area contributed by atoms with Gasteiger partial charge in [0.1, 0.15) is 0 Å². The van der Waals surface area contributed by atoms with E-state index < -0.39 is 0 Å². The minimum atomic E-state index is -0.0191. The van der Waals surface area contributed by atoms with Crippen LogP contribution in [0.2, 0.25) is 0 Å². The maximum Gasteiger partial charge on any atom is 0.230 e. The molecule has 0 amide bonds. The summed E-state index contributed by atoms with van der Waals surface area (Å²) in [4.78, 5) is 0. The van der Waals surface area contributed by atoms with Crippen LogP contribution in [0.4, 0.5) is 0 Å². The topological polar surface area (TPSA) is 61.8 Å². The van der Waals surface area contributed by atoms with Crippen LogP contribution in [0.5, 0.6) is 5.88 Å². The Labute approximate surface area is 80.6 Å². The Morgan fingerprint density at radius 1 is 1.21 bits per heavy atom. The largest absolute Gasteiger partial charge is 0.492 e. The van der Waals surface area contributed by atoms with Gasteiger partial charge < -0.3 is 5.11 Å². The summed E-state index contributed by atoms with van der Waals surface area (Å²) in [5.74, 6) is -0.0191. The van der Waals surface area contributed by atoms with Gasteiger partial charge in [-0.25, -0.2) is 4.68 Å². The molecule has 0 aliphatic rings. The van der Waals surface area contributed by atoms with Crippen molar-refractivity contribution >= 4 is 0 Å². The molecule has 0 bridgehead atoms. The zero-order chi connectivity index (χ0) is 9.97. The highest BCUT2D eigenvalue weighted by atomic mass is 16.3. The summed E-state index contributed by atoms with van der Waals surface area (Å²) in [6, 6.07) is 10.5. The first kappa shape index (κ1) is 8.32. The highest BCUT2D eigenvalue weighted by Crippen LogP contribution is 2.11. The molecule has 4 nitrogen and oxygen atoms in total. The van der Waals surface area contributed by atoms with Gasteiger partial charge in [-0.15, -0.1) is 5.10 Å². The Morgan fingerprint density at radius 3 is 2.43 bits per heavy atom. The van der Waals surface area contributed by atoms with E-state index >= 15 is 0 Å². The quantitative estimate of drug-likeness (QED) is 0.731. The van der Waals surface area contributed by atoms with Gasteiger partial charge in [0, 0.05) is 12.3 Å². The molecular weight excluding hydrogens is 178 g/mol. The van der Waals surface area contributed by atoms with Crippen LogP contribution in [-0.2, 0) is 0 Å². The highest BCUT2D eigenvalue weighted by Gasteiger charge is 1.98. The molecule has 2 aromatic rings. The summed E-state index contributed by atoms with van der Waals surface area (Å²) in [7, 11) is 0. The van der Waals surface area contributed by atoms with Gasteiger partial charge in [0.15, 0.2) is 0 Å². The first-order valence-electron chi connectivity index (χ1n) is 4.05. The van der Waals surface area contributed by atoms with Crippen LogP contribution >= 0.6 is 0 Å². The van der Waals surface area contributed by atoms with E-state index in [1.807, 2.05) is 6.07 Å². The zero-order valence-corrected chi connectivity index (χ0v) is 7.25. The van der Waals surface area contributed by atoms with E-state index in [1.165, 1.54) is 10.7 Å². The molecule has 1 N–H and O–H groups in total. The molecule has 0 fully saturated rings. The molecule has 4 heteroatoms. The second-order valence-corrected chi connectivity index (χ2v) is 2.78. The first-order valence-corrected chi connectivity index (χ1v) is 4.05. The number of hydrogen-bond donors (Lipinski definition) is 1. The van der Waals surface area contributed by atoms with Gasteiger partial charge in [0.25, 0.3) is 0 Å². The Bertz CT molecular complexity index is 479. The third-order valence-corrected chi connectivity index (χ3v) is 1.84. The fraction of sp³-hybridized carbons (Fsp3) is 0. The van der Waals surface area contributed by atoms with Crippen molar-refractivity contribution in [3.8, 4) is 17.6 Å². The second kappa shape index (κ2) is 3.23. The number of nitriles is 1. The van der Waals surface area contributed by atoms with E-state index in [-0.39, 0.29) is 5.88 Å². The summed E-state index contributed by atoms with van der Waals surface area (Å²) >= 11 is 0. The normalized spacial score (nSPS) is 9.64. The maximum absolute atomic E-state index is 9.03. The molecule has 14 heavy (non-hydrogen) atoms. The summed E-state index contributed by atoms with van der Waals surface area (Å²) in [5.41, 5.74) is 1.41. The molecule has 0 aliphatic heterocycles. The molecule has 0 aliphatic carbocycles. The average Bonchev–Trinajstić information content (AvgIpc) is 2.65. The number of aromatic nitrogens is 2. The van der Waals surface area contributed by atoms with Crippen LogP contribution in [0.3, 0.4) is 0 Å². The zero-order valence-electron chi connectivity index (χ0n) is 7.25. The van der Waals surface area contributed by atoms with Crippen LogP contribution in [0.1, 0.15) is 5.56 Å². The van der Waals surface area contributed by atoms with Crippen molar-refractivity contribution in [3.63, 3.8) is 0 Å². The van der Waals surface area contributed by atoms with Crippen molar-refractivity contribution in [1.29, 1.82) is 5.26 Å². The third kappa shape index (κ3) is 1.43. The molecule has 0 atom stereocenters. The molecule has 68 valence electrons. The lowest BCUT2D eigenvalue weighted by Crippen LogP contribution is -1.93. The molecular formula is C10H7N3O.